The van der Waals surface area contributed by atoms with Gasteiger partial charge in [-0.3, -0.25) is 4.79 Å². The average Bonchev–Trinajstić information content (AvgIpc) is 3.38. The number of amides is 1. The van der Waals surface area contributed by atoms with Gasteiger partial charge in [-0.2, -0.15) is 0 Å². The molecule has 0 heterocycles. The van der Waals surface area contributed by atoms with E-state index < -0.39 is 11.5 Å². The Bertz CT molecular complexity index is 726. The molecule has 126 valence electrons. The first-order chi connectivity index (χ1) is 11.5. The highest BCUT2D eigenvalue weighted by Crippen LogP contribution is 2.48. The molecule has 1 atom stereocenters. The van der Waals surface area contributed by atoms with Crippen molar-refractivity contribution in [2.24, 2.45) is 0 Å². The van der Waals surface area contributed by atoms with Gasteiger partial charge >= 0.3 is 0 Å². The first kappa shape index (κ1) is 16.6. The number of carbonyl (C=O) groups excluding carboxylic acids is 1. The predicted octanol–water partition coefficient (Wildman–Crippen LogP) is 3.50. The lowest BCUT2D eigenvalue weighted by Crippen LogP contribution is -2.37. The molecule has 2 aromatic carbocycles. The van der Waals surface area contributed by atoms with Crippen LogP contribution >= 0.6 is 0 Å². The molecule has 0 radical (unpaired) electrons. The number of carbonyl (C=O) groups is 1. The maximum Gasteiger partial charge on any atom is 0.230 e. The Morgan fingerprint density at radius 2 is 1.88 bits per heavy atom. The Morgan fingerprint density at radius 1 is 1.17 bits per heavy atom. The minimum atomic E-state index is -0.575. The summed E-state index contributed by atoms with van der Waals surface area (Å²) >= 11 is 0. The van der Waals surface area contributed by atoms with Gasteiger partial charge in [0.1, 0.15) is 11.6 Å². The van der Waals surface area contributed by atoms with Gasteiger partial charge in [0.2, 0.25) is 5.91 Å². The molecule has 2 aromatic rings. The number of hydrogen-bond acceptors (Lipinski definition) is 2. The van der Waals surface area contributed by atoms with Crippen LogP contribution in [0.15, 0.2) is 48.5 Å². The molecule has 1 fully saturated rings. The van der Waals surface area contributed by atoms with Crippen molar-refractivity contribution in [2.45, 2.75) is 24.4 Å². The van der Waals surface area contributed by atoms with Crippen molar-refractivity contribution in [2.75, 3.05) is 13.7 Å². The fourth-order valence-corrected chi connectivity index (χ4v) is 2.94. The van der Waals surface area contributed by atoms with E-state index in [1.807, 2.05) is 0 Å². The lowest BCUT2D eigenvalue weighted by Gasteiger charge is -2.20. The standard InChI is InChI=1S/C19H19F2NO2/c1-24-17(13-3-2-4-16(21)11-13)12-22-18(23)19(9-10-19)14-5-7-15(20)8-6-14/h2-8,11,17H,9-10,12H2,1H3,(H,22,23). The Hall–Kier alpha value is -2.27. The third-order valence-electron chi connectivity index (χ3n) is 4.53. The van der Waals surface area contributed by atoms with Crippen molar-refractivity contribution in [3.8, 4) is 0 Å². The van der Waals surface area contributed by atoms with Crippen LogP contribution in [0.2, 0.25) is 0 Å². The van der Waals surface area contributed by atoms with E-state index in [4.69, 9.17) is 4.74 Å². The molecule has 0 aliphatic heterocycles. The molecular weight excluding hydrogens is 312 g/mol. The van der Waals surface area contributed by atoms with E-state index in [9.17, 15) is 13.6 Å². The largest absolute Gasteiger partial charge is 0.375 e. The molecule has 0 spiro atoms. The Kier molecular flexibility index (Phi) is 4.62. The molecule has 3 nitrogen and oxygen atoms in total. The third-order valence-corrected chi connectivity index (χ3v) is 4.53. The van der Waals surface area contributed by atoms with Crippen LogP contribution in [0.5, 0.6) is 0 Å². The van der Waals surface area contributed by atoms with Crippen LogP contribution in [0.1, 0.15) is 30.1 Å². The predicted molar refractivity (Wildman–Crippen MR) is 86.5 cm³/mol. The molecular formula is C19H19F2NO2. The smallest absolute Gasteiger partial charge is 0.230 e. The summed E-state index contributed by atoms with van der Waals surface area (Å²) < 4.78 is 31.8. The Balaban J connectivity index is 1.67. The zero-order valence-electron chi connectivity index (χ0n) is 13.4. The third kappa shape index (κ3) is 3.31. The molecule has 5 heteroatoms. The topological polar surface area (TPSA) is 38.3 Å². The van der Waals surface area contributed by atoms with Gasteiger partial charge < -0.3 is 10.1 Å². The van der Waals surface area contributed by atoms with Crippen LogP contribution in [0, 0.1) is 11.6 Å². The van der Waals surface area contributed by atoms with Crippen LogP contribution < -0.4 is 5.32 Å². The van der Waals surface area contributed by atoms with Crippen LogP contribution in [0.4, 0.5) is 8.78 Å². The zero-order chi connectivity index (χ0) is 17.2. The molecule has 1 unspecified atom stereocenters. The molecule has 3 rings (SSSR count). The van der Waals surface area contributed by atoms with Crippen molar-refractivity contribution in [1.82, 2.24) is 5.32 Å². The van der Waals surface area contributed by atoms with Gasteiger partial charge in [-0.15, -0.1) is 0 Å². The summed E-state index contributed by atoms with van der Waals surface area (Å²) in [5, 5.41) is 2.89. The molecule has 0 aromatic heterocycles. The first-order valence-electron chi connectivity index (χ1n) is 7.88. The van der Waals surface area contributed by atoms with E-state index in [-0.39, 0.29) is 24.1 Å². The summed E-state index contributed by atoms with van der Waals surface area (Å²) in [6, 6.07) is 12.2. The van der Waals surface area contributed by atoms with E-state index in [0.29, 0.717) is 5.56 Å². The summed E-state index contributed by atoms with van der Waals surface area (Å²) in [6.45, 7) is 0.252. The highest BCUT2D eigenvalue weighted by Gasteiger charge is 2.51. The highest BCUT2D eigenvalue weighted by atomic mass is 19.1. The van der Waals surface area contributed by atoms with Gasteiger partial charge in [0.05, 0.1) is 11.5 Å². The normalized spacial score (nSPS) is 16.5. The number of halogens is 2. The Labute approximate surface area is 139 Å². The molecule has 1 aliphatic carbocycles. The quantitative estimate of drug-likeness (QED) is 0.880. The Morgan fingerprint density at radius 3 is 2.46 bits per heavy atom. The molecule has 1 saturated carbocycles. The highest BCUT2D eigenvalue weighted by molar-refractivity contribution is 5.91. The second kappa shape index (κ2) is 6.69. The van der Waals surface area contributed by atoms with Gasteiger partial charge in [-0.1, -0.05) is 24.3 Å². The zero-order valence-corrected chi connectivity index (χ0v) is 13.4. The number of hydrogen-bond donors (Lipinski definition) is 1. The lowest BCUT2D eigenvalue weighted by molar-refractivity contribution is -0.124. The number of benzene rings is 2. The van der Waals surface area contributed by atoms with E-state index in [1.54, 1.807) is 24.3 Å². The van der Waals surface area contributed by atoms with E-state index in [1.165, 1.54) is 31.4 Å². The van der Waals surface area contributed by atoms with Gasteiger partial charge in [0.25, 0.3) is 0 Å². The van der Waals surface area contributed by atoms with Gasteiger partial charge in [0, 0.05) is 13.7 Å². The summed E-state index contributed by atoms with van der Waals surface area (Å²) in [5.74, 6) is -0.765. The number of nitrogens with one attached hydrogen (secondary N) is 1. The minimum absolute atomic E-state index is 0.104. The van der Waals surface area contributed by atoms with Crippen molar-refractivity contribution < 1.29 is 18.3 Å². The van der Waals surface area contributed by atoms with Crippen LogP contribution in [0.25, 0.3) is 0 Å². The maximum absolute atomic E-state index is 13.3. The van der Waals surface area contributed by atoms with Gasteiger partial charge in [-0.25, -0.2) is 8.78 Å². The SMILES string of the molecule is COC(CNC(=O)C1(c2ccc(F)cc2)CC1)c1cccc(F)c1. The lowest BCUT2D eigenvalue weighted by atomic mass is 9.95. The first-order valence-corrected chi connectivity index (χ1v) is 7.88. The van der Waals surface area contributed by atoms with Crippen LogP contribution in [-0.2, 0) is 14.9 Å². The number of methoxy groups -OCH3 is 1. The molecule has 1 N–H and O–H groups in total. The number of rotatable bonds is 6. The molecule has 24 heavy (non-hydrogen) atoms. The summed E-state index contributed by atoms with van der Waals surface area (Å²) in [7, 11) is 1.52. The van der Waals surface area contributed by atoms with Crippen LogP contribution in [0.3, 0.4) is 0 Å². The maximum atomic E-state index is 13.3. The van der Waals surface area contributed by atoms with Crippen LogP contribution in [-0.4, -0.2) is 19.6 Å². The van der Waals surface area contributed by atoms with E-state index in [2.05, 4.69) is 5.32 Å². The van der Waals surface area contributed by atoms with Crippen molar-refractivity contribution in [3.05, 3.63) is 71.3 Å². The summed E-state index contributed by atoms with van der Waals surface area (Å²) in [5.41, 5.74) is 0.916. The fourth-order valence-electron chi connectivity index (χ4n) is 2.94. The van der Waals surface area contributed by atoms with E-state index in [0.717, 1.165) is 18.4 Å². The monoisotopic (exact) mass is 331 g/mol. The van der Waals surface area contributed by atoms with Crippen molar-refractivity contribution >= 4 is 5.91 Å². The second-order valence-corrected chi connectivity index (χ2v) is 6.08. The van der Waals surface area contributed by atoms with Gasteiger partial charge in [0.15, 0.2) is 0 Å². The fraction of sp³-hybridized carbons (Fsp3) is 0.316. The number of ether oxygens (including phenoxy) is 1. The van der Waals surface area contributed by atoms with Gasteiger partial charge in [-0.05, 0) is 48.2 Å². The molecule has 0 bridgehead atoms. The summed E-state index contributed by atoms with van der Waals surface area (Å²) in [4.78, 5) is 12.6. The molecule has 1 amide bonds. The minimum Gasteiger partial charge on any atom is -0.375 e. The van der Waals surface area contributed by atoms with E-state index >= 15 is 0 Å². The average molecular weight is 331 g/mol. The second-order valence-electron chi connectivity index (χ2n) is 6.08. The molecule has 1 aliphatic rings. The van der Waals surface area contributed by atoms with Crippen molar-refractivity contribution in [3.63, 3.8) is 0 Å². The van der Waals surface area contributed by atoms with Crippen molar-refractivity contribution in [1.29, 1.82) is 0 Å². The summed E-state index contributed by atoms with van der Waals surface area (Å²) in [6.07, 6.45) is 1.05. The molecule has 0 saturated heterocycles.